The van der Waals surface area contributed by atoms with E-state index in [1.54, 1.807) is 7.05 Å². The van der Waals surface area contributed by atoms with Gasteiger partial charge in [0.25, 0.3) is 0 Å². The van der Waals surface area contributed by atoms with Crippen LogP contribution < -0.4 is 10.6 Å². The zero-order valence-electron chi connectivity index (χ0n) is 16.2. The molecule has 1 aromatic heterocycles. The Kier molecular flexibility index (Phi) is 9.35. The summed E-state index contributed by atoms with van der Waals surface area (Å²) < 4.78 is 37.7. The van der Waals surface area contributed by atoms with Crippen molar-refractivity contribution in [2.24, 2.45) is 10.9 Å². The third-order valence-corrected chi connectivity index (χ3v) is 5.34. The molecule has 0 amide bonds. The minimum atomic E-state index is -4.38. The van der Waals surface area contributed by atoms with Gasteiger partial charge in [-0.25, -0.2) is 4.98 Å². The van der Waals surface area contributed by atoms with Crippen LogP contribution in [0, 0.1) is 5.92 Å². The minimum absolute atomic E-state index is 0.386. The van der Waals surface area contributed by atoms with Gasteiger partial charge in [0.05, 0.1) is 5.01 Å². The van der Waals surface area contributed by atoms with Gasteiger partial charge >= 0.3 is 6.18 Å². The van der Waals surface area contributed by atoms with Crippen molar-refractivity contribution in [2.75, 3.05) is 34.2 Å². The van der Waals surface area contributed by atoms with Crippen LogP contribution in [0.25, 0.3) is 0 Å². The van der Waals surface area contributed by atoms with E-state index in [1.165, 1.54) is 0 Å². The molecule has 0 aliphatic heterocycles. The molecule has 0 bridgehead atoms. The van der Waals surface area contributed by atoms with E-state index in [0.717, 1.165) is 36.1 Å². The molecule has 1 rings (SSSR count). The highest BCUT2D eigenvalue weighted by Crippen LogP contribution is 2.30. The van der Waals surface area contributed by atoms with E-state index in [9.17, 15) is 13.2 Å². The first-order chi connectivity index (χ1) is 12.2. The summed E-state index contributed by atoms with van der Waals surface area (Å²) in [5, 5.41) is 7.97. The van der Waals surface area contributed by atoms with Gasteiger partial charge in [-0.1, -0.05) is 26.7 Å². The third-order valence-electron chi connectivity index (χ3n) is 4.43. The zero-order valence-corrected chi connectivity index (χ0v) is 17.0. The molecule has 0 saturated heterocycles. The highest BCUT2D eigenvalue weighted by atomic mass is 32.1. The van der Waals surface area contributed by atoms with E-state index < -0.39 is 11.9 Å². The minimum Gasteiger partial charge on any atom is -0.356 e. The Morgan fingerprint density at radius 3 is 2.38 bits per heavy atom. The maximum Gasteiger partial charge on any atom is 0.434 e. The second-order valence-corrected chi connectivity index (χ2v) is 7.30. The molecule has 9 heteroatoms. The van der Waals surface area contributed by atoms with Crippen molar-refractivity contribution in [1.29, 1.82) is 0 Å². The second-order valence-electron chi connectivity index (χ2n) is 6.36. The van der Waals surface area contributed by atoms with Gasteiger partial charge in [-0.3, -0.25) is 4.99 Å². The quantitative estimate of drug-likeness (QED) is 0.500. The van der Waals surface area contributed by atoms with Crippen molar-refractivity contribution in [3.05, 3.63) is 16.1 Å². The molecular weight excluding hydrogens is 363 g/mol. The van der Waals surface area contributed by atoms with E-state index in [1.807, 2.05) is 0 Å². The number of nitrogens with one attached hydrogen (secondary N) is 2. The van der Waals surface area contributed by atoms with E-state index in [-0.39, 0.29) is 0 Å². The lowest BCUT2D eigenvalue weighted by atomic mass is 9.93. The van der Waals surface area contributed by atoms with Crippen LogP contribution in [0.15, 0.2) is 10.4 Å². The predicted octanol–water partition coefficient (Wildman–Crippen LogP) is 3.24. The summed E-state index contributed by atoms with van der Waals surface area (Å²) in [4.78, 5) is 10.0. The van der Waals surface area contributed by atoms with Crippen molar-refractivity contribution >= 4 is 17.3 Å². The van der Waals surface area contributed by atoms with Gasteiger partial charge in [0.1, 0.15) is 0 Å². The number of hydrogen-bond acceptors (Lipinski definition) is 4. The largest absolute Gasteiger partial charge is 0.434 e. The normalized spacial score (nSPS) is 14.2. The number of aromatic nitrogens is 1. The number of hydrogen-bond donors (Lipinski definition) is 2. The maximum atomic E-state index is 12.6. The molecule has 1 heterocycles. The van der Waals surface area contributed by atoms with Crippen LogP contribution in [0.1, 0.15) is 37.4 Å². The Morgan fingerprint density at radius 2 is 1.92 bits per heavy atom. The summed E-state index contributed by atoms with van der Waals surface area (Å²) in [5.74, 6) is 1.24. The van der Waals surface area contributed by atoms with Crippen LogP contribution in [0.2, 0.25) is 0 Å². The fraction of sp³-hybridized carbons (Fsp3) is 0.765. The third kappa shape index (κ3) is 7.11. The lowest BCUT2D eigenvalue weighted by Gasteiger charge is -2.32. The van der Waals surface area contributed by atoms with Crippen LogP contribution in [-0.2, 0) is 12.6 Å². The Labute approximate surface area is 158 Å². The highest BCUT2D eigenvalue weighted by molar-refractivity contribution is 7.09. The number of guanidine groups is 1. The van der Waals surface area contributed by atoms with Gasteiger partial charge in [0.15, 0.2) is 11.7 Å². The summed E-state index contributed by atoms with van der Waals surface area (Å²) in [6.45, 7) is 5.62. The molecule has 1 unspecified atom stereocenters. The summed E-state index contributed by atoms with van der Waals surface area (Å²) >= 11 is 1.03. The Hall–Kier alpha value is -1.35. The average molecular weight is 394 g/mol. The number of likely N-dealkylation sites (N-methyl/N-ethyl adjacent to an activating group) is 1. The van der Waals surface area contributed by atoms with Crippen LogP contribution in [0.4, 0.5) is 13.2 Å². The standard InChI is InChI=1S/C17H30F3N5S/c1-6-12(7-2)13(25(4)5)10-23-16(21-3)22-9-8-15-24-14(11-26-15)17(18,19)20/h11-13H,6-10H2,1-5H3,(H2,21,22,23). The van der Waals surface area contributed by atoms with Gasteiger partial charge < -0.3 is 15.5 Å². The van der Waals surface area contributed by atoms with Crippen LogP contribution in [0.3, 0.4) is 0 Å². The molecule has 2 N–H and O–H groups in total. The molecule has 0 fully saturated rings. The number of alkyl halides is 3. The Balaban J connectivity index is 2.49. The van der Waals surface area contributed by atoms with E-state index >= 15 is 0 Å². The monoisotopic (exact) mass is 393 g/mol. The first-order valence-electron chi connectivity index (χ1n) is 8.85. The summed E-state index contributed by atoms with van der Waals surface area (Å²) in [6, 6.07) is 0.386. The maximum absolute atomic E-state index is 12.6. The molecule has 1 atom stereocenters. The van der Waals surface area contributed by atoms with Crippen molar-refractivity contribution in [3.63, 3.8) is 0 Å². The van der Waals surface area contributed by atoms with E-state index in [2.05, 4.69) is 53.5 Å². The molecule has 0 spiro atoms. The number of nitrogens with zero attached hydrogens (tertiary/aromatic N) is 3. The van der Waals surface area contributed by atoms with Crippen molar-refractivity contribution in [2.45, 2.75) is 45.3 Å². The van der Waals surface area contributed by atoms with Gasteiger partial charge in [-0.05, 0) is 20.0 Å². The molecule has 5 nitrogen and oxygen atoms in total. The van der Waals surface area contributed by atoms with E-state index in [0.29, 0.717) is 35.9 Å². The van der Waals surface area contributed by atoms with Gasteiger partial charge in [-0.2, -0.15) is 13.2 Å². The first kappa shape index (κ1) is 22.7. The molecular formula is C17H30F3N5S. The summed E-state index contributed by atoms with van der Waals surface area (Å²) in [7, 11) is 5.82. The molecule has 0 saturated carbocycles. The summed E-state index contributed by atoms with van der Waals surface area (Å²) in [6.07, 6.45) is -1.74. The van der Waals surface area contributed by atoms with E-state index in [4.69, 9.17) is 0 Å². The molecule has 0 aliphatic carbocycles. The number of thiazole rings is 1. The number of halogens is 3. The van der Waals surface area contributed by atoms with Gasteiger partial charge in [0, 0.05) is 38.0 Å². The van der Waals surface area contributed by atoms with Crippen LogP contribution >= 0.6 is 11.3 Å². The number of aliphatic imine (C=N–C) groups is 1. The molecule has 26 heavy (non-hydrogen) atoms. The lowest BCUT2D eigenvalue weighted by Crippen LogP contribution is -2.48. The SMILES string of the molecule is CCC(CC)C(CNC(=NC)NCCc1nc(C(F)(F)F)cs1)N(C)C. The zero-order chi connectivity index (χ0) is 19.7. The van der Waals surface area contributed by atoms with Crippen molar-refractivity contribution in [1.82, 2.24) is 20.5 Å². The Bertz CT molecular complexity index is 553. The number of rotatable bonds is 9. The second kappa shape index (κ2) is 10.7. The van der Waals surface area contributed by atoms with Crippen LogP contribution in [0.5, 0.6) is 0 Å². The van der Waals surface area contributed by atoms with Gasteiger partial charge in [-0.15, -0.1) is 11.3 Å². The topological polar surface area (TPSA) is 52.6 Å². The molecule has 150 valence electrons. The van der Waals surface area contributed by atoms with Crippen LogP contribution in [-0.4, -0.2) is 56.1 Å². The Morgan fingerprint density at radius 1 is 1.27 bits per heavy atom. The fourth-order valence-corrected chi connectivity index (χ4v) is 3.67. The predicted molar refractivity (Wildman–Crippen MR) is 102 cm³/mol. The average Bonchev–Trinajstić information content (AvgIpc) is 3.05. The van der Waals surface area contributed by atoms with Crippen molar-refractivity contribution in [3.8, 4) is 0 Å². The fourth-order valence-electron chi connectivity index (χ4n) is 2.87. The lowest BCUT2D eigenvalue weighted by molar-refractivity contribution is -0.140. The molecule has 0 aliphatic rings. The molecule has 0 radical (unpaired) electrons. The highest BCUT2D eigenvalue weighted by Gasteiger charge is 2.33. The van der Waals surface area contributed by atoms with Crippen molar-refractivity contribution < 1.29 is 13.2 Å². The molecule has 1 aromatic rings. The van der Waals surface area contributed by atoms with Gasteiger partial charge in [0.2, 0.25) is 0 Å². The smallest absolute Gasteiger partial charge is 0.356 e. The first-order valence-corrected chi connectivity index (χ1v) is 9.73. The molecule has 0 aromatic carbocycles. The summed E-state index contributed by atoms with van der Waals surface area (Å²) in [5.41, 5.74) is -0.820.